The lowest BCUT2D eigenvalue weighted by Gasteiger charge is -2.15. The number of esters is 1. The smallest absolute Gasteiger partial charge is 0.311 e. The van der Waals surface area contributed by atoms with Gasteiger partial charge in [-0.25, -0.2) is 4.39 Å². The topological polar surface area (TPSA) is 59.5 Å². The van der Waals surface area contributed by atoms with Gasteiger partial charge in [0.15, 0.2) is 0 Å². The predicted molar refractivity (Wildman–Crippen MR) is 56.7 cm³/mol. The van der Waals surface area contributed by atoms with Crippen LogP contribution < -0.4 is 4.90 Å². The van der Waals surface area contributed by atoms with Gasteiger partial charge in [-0.2, -0.15) is 0 Å². The summed E-state index contributed by atoms with van der Waals surface area (Å²) >= 11 is 0. The fourth-order valence-corrected chi connectivity index (χ4v) is 1.83. The summed E-state index contributed by atoms with van der Waals surface area (Å²) in [6.07, 6.45) is 2.53. The molecule has 1 unspecified atom stereocenters. The third-order valence-corrected chi connectivity index (χ3v) is 2.66. The Bertz CT molecular complexity index is 464. The Balaban J connectivity index is 2.18. The predicted octanol–water partition coefficient (Wildman–Crippen LogP) is 0.747. The molecule has 1 aromatic heterocycles. The minimum Gasteiger partial charge on any atom is -0.469 e. The lowest BCUT2D eigenvalue weighted by molar-refractivity contribution is -0.145. The average Bonchev–Trinajstić information content (AvgIpc) is 2.70. The molecule has 17 heavy (non-hydrogen) atoms. The molecule has 2 heterocycles. The number of carbonyl (C=O) groups excluding carboxylic acids is 2. The summed E-state index contributed by atoms with van der Waals surface area (Å²) in [6.45, 7) is 0.205. The quantitative estimate of drug-likeness (QED) is 0.713. The van der Waals surface area contributed by atoms with Crippen LogP contribution in [-0.4, -0.2) is 30.5 Å². The molecule has 1 aliphatic heterocycles. The summed E-state index contributed by atoms with van der Waals surface area (Å²) in [5.74, 6) is -1.66. The molecule has 0 bridgehead atoms. The van der Waals surface area contributed by atoms with Gasteiger partial charge in [-0.3, -0.25) is 14.6 Å². The standard InChI is InChI=1S/C11H11FN2O3/c1-17-11(16)7-2-10(15)14(6-7)9-3-8(12)4-13-5-9/h3-5,7H,2,6H2,1H3. The van der Waals surface area contributed by atoms with E-state index in [2.05, 4.69) is 9.72 Å². The van der Waals surface area contributed by atoms with Crippen molar-refractivity contribution >= 4 is 17.6 Å². The number of methoxy groups -OCH3 is 1. The second-order valence-electron chi connectivity index (χ2n) is 3.79. The largest absolute Gasteiger partial charge is 0.469 e. The first-order chi connectivity index (χ1) is 8.11. The van der Waals surface area contributed by atoms with E-state index in [0.29, 0.717) is 5.69 Å². The molecule has 0 aliphatic carbocycles. The van der Waals surface area contributed by atoms with E-state index in [1.54, 1.807) is 0 Å². The highest BCUT2D eigenvalue weighted by molar-refractivity contribution is 5.99. The van der Waals surface area contributed by atoms with Crippen molar-refractivity contribution in [3.05, 3.63) is 24.3 Å². The van der Waals surface area contributed by atoms with Crippen LogP contribution in [-0.2, 0) is 14.3 Å². The van der Waals surface area contributed by atoms with Crippen LogP contribution >= 0.6 is 0 Å². The maximum atomic E-state index is 13.0. The number of pyridine rings is 1. The van der Waals surface area contributed by atoms with Gasteiger partial charge in [-0.05, 0) is 0 Å². The highest BCUT2D eigenvalue weighted by atomic mass is 19.1. The average molecular weight is 238 g/mol. The fraction of sp³-hybridized carbons (Fsp3) is 0.364. The van der Waals surface area contributed by atoms with Crippen LogP contribution in [0.1, 0.15) is 6.42 Å². The maximum Gasteiger partial charge on any atom is 0.311 e. The van der Waals surface area contributed by atoms with Gasteiger partial charge >= 0.3 is 5.97 Å². The Hall–Kier alpha value is -1.98. The Morgan fingerprint density at radius 1 is 1.59 bits per heavy atom. The summed E-state index contributed by atoms with van der Waals surface area (Å²) in [6, 6.07) is 1.21. The number of rotatable bonds is 2. The van der Waals surface area contributed by atoms with Crippen molar-refractivity contribution < 1.29 is 18.7 Å². The number of halogens is 1. The molecule has 5 nitrogen and oxygen atoms in total. The first-order valence-corrected chi connectivity index (χ1v) is 5.10. The molecule has 1 fully saturated rings. The van der Waals surface area contributed by atoms with E-state index < -0.39 is 17.7 Å². The fourth-order valence-electron chi connectivity index (χ4n) is 1.83. The molecule has 1 aromatic rings. The zero-order valence-electron chi connectivity index (χ0n) is 9.22. The molecule has 1 saturated heterocycles. The van der Waals surface area contributed by atoms with E-state index >= 15 is 0 Å². The van der Waals surface area contributed by atoms with E-state index in [1.165, 1.54) is 24.3 Å². The van der Waals surface area contributed by atoms with Gasteiger partial charge in [-0.1, -0.05) is 0 Å². The van der Waals surface area contributed by atoms with Crippen LogP contribution in [0.25, 0.3) is 0 Å². The van der Waals surface area contributed by atoms with Crippen molar-refractivity contribution in [2.24, 2.45) is 5.92 Å². The van der Waals surface area contributed by atoms with E-state index in [9.17, 15) is 14.0 Å². The molecule has 1 atom stereocenters. The van der Waals surface area contributed by atoms with Crippen LogP contribution in [0.2, 0.25) is 0 Å². The zero-order valence-corrected chi connectivity index (χ0v) is 9.22. The van der Waals surface area contributed by atoms with Gasteiger partial charge in [-0.15, -0.1) is 0 Å². The summed E-state index contributed by atoms with van der Waals surface area (Å²) in [7, 11) is 1.28. The molecule has 0 aromatic carbocycles. The van der Waals surface area contributed by atoms with Gasteiger partial charge in [0.1, 0.15) is 5.82 Å². The molecular weight excluding hydrogens is 227 g/mol. The van der Waals surface area contributed by atoms with E-state index in [4.69, 9.17) is 0 Å². The Morgan fingerprint density at radius 2 is 2.35 bits per heavy atom. The van der Waals surface area contributed by atoms with Crippen LogP contribution in [0.15, 0.2) is 18.5 Å². The molecule has 1 amide bonds. The van der Waals surface area contributed by atoms with Crippen molar-refractivity contribution in [1.29, 1.82) is 0 Å². The van der Waals surface area contributed by atoms with Crippen molar-refractivity contribution in [2.75, 3.05) is 18.6 Å². The van der Waals surface area contributed by atoms with Crippen molar-refractivity contribution in [3.63, 3.8) is 0 Å². The molecule has 0 saturated carbocycles. The van der Waals surface area contributed by atoms with Crippen molar-refractivity contribution in [3.8, 4) is 0 Å². The van der Waals surface area contributed by atoms with Crippen LogP contribution in [0.5, 0.6) is 0 Å². The van der Waals surface area contributed by atoms with Gasteiger partial charge in [0.2, 0.25) is 5.91 Å². The number of amides is 1. The Labute approximate surface area is 97.2 Å². The highest BCUT2D eigenvalue weighted by Crippen LogP contribution is 2.25. The van der Waals surface area contributed by atoms with Gasteiger partial charge < -0.3 is 9.64 Å². The maximum absolute atomic E-state index is 13.0. The monoisotopic (exact) mass is 238 g/mol. The normalized spacial score (nSPS) is 19.5. The van der Waals surface area contributed by atoms with E-state index in [0.717, 1.165) is 6.20 Å². The Kier molecular flexibility index (Phi) is 3.03. The molecule has 6 heteroatoms. The number of anilines is 1. The molecule has 0 spiro atoms. The molecule has 2 rings (SSSR count). The molecular formula is C11H11FN2O3. The van der Waals surface area contributed by atoms with Crippen molar-refractivity contribution in [1.82, 2.24) is 4.98 Å². The molecule has 90 valence electrons. The highest BCUT2D eigenvalue weighted by Gasteiger charge is 2.35. The summed E-state index contributed by atoms with van der Waals surface area (Å²) < 4.78 is 17.6. The first-order valence-electron chi connectivity index (χ1n) is 5.10. The summed E-state index contributed by atoms with van der Waals surface area (Å²) in [4.78, 5) is 28.0. The lowest BCUT2D eigenvalue weighted by atomic mass is 10.1. The van der Waals surface area contributed by atoms with Crippen LogP contribution in [0, 0.1) is 11.7 Å². The number of hydrogen-bond acceptors (Lipinski definition) is 4. The van der Waals surface area contributed by atoms with E-state index in [-0.39, 0.29) is 18.9 Å². The second kappa shape index (κ2) is 4.48. The third kappa shape index (κ3) is 2.25. The number of carbonyl (C=O) groups is 2. The number of ether oxygens (including phenoxy) is 1. The third-order valence-electron chi connectivity index (χ3n) is 2.66. The minimum atomic E-state index is -0.517. The van der Waals surface area contributed by atoms with Crippen LogP contribution in [0.3, 0.4) is 0 Å². The number of aromatic nitrogens is 1. The van der Waals surface area contributed by atoms with Crippen LogP contribution in [0.4, 0.5) is 10.1 Å². The summed E-state index contributed by atoms with van der Waals surface area (Å²) in [5.41, 5.74) is 0.362. The first kappa shape index (κ1) is 11.5. The molecule has 0 N–H and O–H groups in total. The lowest BCUT2D eigenvalue weighted by Crippen LogP contribution is -2.26. The summed E-state index contributed by atoms with van der Waals surface area (Å²) in [5, 5.41) is 0. The van der Waals surface area contributed by atoms with Crippen molar-refractivity contribution in [2.45, 2.75) is 6.42 Å². The van der Waals surface area contributed by atoms with Gasteiger partial charge in [0.05, 0.1) is 31.1 Å². The minimum absolute atomic E-state index is 0.0865. The zero-order chi connectivity index (χ0) is 12.4. The van der Waals surface area contributed by atoms with Gasteiger partial charge in [0, 0.05) is 19.0 Å². The molecule has 0 radical (unpaired) electrons. The molecule has 1 aliphatic rings. The van der Waals surface area contributed by atoms with Gasteiger partial charge in [0.25, 0.3) is 0 Å². The number of nitrogens with zero attached hydrogens (tertiary/aromatic N) is 2. The Morgan fingerprint density at radius 3 is 3.00 bits per heavy atom. The SMILES string of the molecule is COC(=O)C1CC(=O)N(c2cncc(F)c2)C1. The number of hydrogen-bond donors (Lipinski definition) is 0. The van der Waals surface area contributed by atoms with E-state index in [1.807, 2.05) is 0 Å². The second-order valence-corrected chi connectivity index (χ2v) is 3.79.